The molecule has 3 heterocycles. The lowest BCUT2D eigenvalue weighted by atomic mass is 9.96. The summed E-state index contributed by atoms with van der Waals surface area (Å²) in [6.07, 6.45) is -3.15. The first kappa shape index (κ1) is 34.2. The van der Waals surface area contributed by atoms with Gasteiger partial charge in [0.2, 0.25) is 5.95 Å². The van der Waals surface area contributed by atoms with Crippen LogP contribution in [0, 0.1) is 0 Å². The van der Waals surface area contributed by atoms with Gasteiger partial charge in [-0.2, -0.15) is 15.1 Å². The Morgan fingerprint density at radius 1 is 1.10 bits per heavy atom. The number of nitrogen functional groups attached to an aromatic ring is 1. The highest BCUT2D eigenvalue weighted by Crippen LogP contribution is 2.48. The number of imidazole rings is 1. The van der Waals surface area contributed by atoms with Gasteiger partial charge < -0.3 is 35.3 Å². The van der Waals surface area contributed by atoms with E-state index in [9.17, 15) is 19.6 Å². The summed E-state index contributed by atoms with van der Waals surface area (Å²) in [5, 5.41) is 29.7. The van der Waals surface area contributed by atoms with Crippen LogP contribution in [-0.4, -0.2) is 73.2 Å². The molecule has 6 rings (SSSR count). The molecule has 15 nitrogen and oxygen atoms in total. The van der Waals surface area contributed by atoms with Crippen molar-refractivity contribution >= 4 is 47.4 Å². The molecule has 1 fully saturated rings. The Morgan fingerprint density at radius 2 is 1.82 bits per heavy atom. The third-order valence-electron chi connectivity index (χ3n) is 8.33. The molecule has 1 aliphatic rings. The van der Waals surface area contributed by atoms with Crippen LogP contribution in [0.3, 0.4) is 0 Å². The number of ether oxygens (including phenoxy) is 2. The van der Waals surface area contributed by atoms with Gasteiger partial charge in [0, 0.05) is 12.4 Å². The number of rotatable bonds is 12. The van der Waals surface area contributed by atoms with Crippen LogP contribution in [0.15, 0.2) is 79.1 Å². The van der Waals surface area contributed by atoms with Crippen LogP contribution in [0.2, 0.25) is 0 Å². The van der Waals surface area contributed by atoms with E-state index in [0.29, 0.717) is 16.7 Å². The maximum Gasteiger partial charge on any atom is 0.459 e. The quantitative estimate of drug-likeness (QED) is 0.0923. The standard InChI is InChI=1S/C33H38N7O8P/c1-19(30(42)46-20(2)21-11-6-5-7-12-21)39-49(44,48-24-16-10-14-22-13-8-9-15-23(22)24)45-17-25-27(41)33(3,43)31(47-25)40-18-36-26-28(35-4)37-32(34)38-29(26)40/h5-16,18-20,25,27,31,41,43H,17H2,1-4H3,(H,39,44)(H3,34,35,37,38). The van der Waals surface area contributed by atoms with E-state index in [-0.39, 0.29) is 17.3 Å². The molecule has 1 saturated heterocycles. The minimum absolute atomic E-state index is 0.0416. The number of nitrogens with zero attached hydrogens (tertiary/aromatic N) is 4. The van der Waals surface area contributed by atoms with E-state index in [1.165, 1.54) is 24.7 Å². The highest BCUT2D eigenvalue weighted by Gasteiger charge is 2.54. The molecule has 0 bridgehead atoms. The van der Waals surface area contributed by atoms with E-state index in [2.05, 4.69) is 25.4 Å². The molecule has 1 aliphatic heterocycles. The summed E-state index contributed by atoms with van der Waals surface area (Å²) >= 11 is 0. The van der Waals surface area contributed by atoms with Crippen molar-refractivity contribution in [3.8, 4) is 5.75 Å². The summed E-state index contributed by atoms with van der Waals surface area (Å²) in [6, 6.07) is 20.6. The molecule has 0 spiro atoms. The first-order valence-corrected chi connectivity index (χ1v) is 17.1. The van der Waals surface area contributed by atoms with Gasteiger partial charge in [-0.25, -0.2) is 9.55 Å². The molecule has 0 saturated carbocycles. The van der Waals surface area contributed by atoms with E-state index in [1.54, 1.807) is 32.2 Å². The van der Waals surface area contributed by atoms with Crippen molar-refractivity contribution < 1.29 is 38.1 Å². The van der Waals surface area contributed by atoms with E-state index >= 15 is 0 Å². The number of benzene rings is 3. The topological polar surface area (TPSA) is 205 Å². The molecule has 49 heavy (non-hydrogen) atoms. The number of hydrogen-bond acceptors (Lipinski definition) is 13. The van der Waals surface area contributed by atoms with Gasteiger partial charge >= 0.3 is 13.7 Å². The average Bonchev–Trinajstić information content (AvgIpc) is 3.60. The smallest absolute Gasteiger partial charge is 0.457 e. The summed E-state index contributed by atoms with van der Waals surface area (Å²) in [5.41, 5.74) is 5.41. The van der Waals surface area contributed by atoms with Gasteiger partial charge in [0.15, 0.2) is 23.2 Å². The molecule has 3 aromatic carbocycles. The van der Waals surface area contributed by atoms with Crippen molar-refractivity contribution in [3.63, 3.8) is 0 Å². The Hall–Kier alpha value is -4.63. The molecule has 16 heteroatoms. The second-order valence-corrected chi connectivity index (χ2v) is 13.6. The first-order valence-electron chi connectivity index (χ1n) is 15.6. The number of nitrogens with two attached hydrogens (primary N) is 1. The van der Waals surface area contributed by atoms with Crippen LogP contribution in [0.25, 0.3) is 21.9 Å². The fourth-order valence-corrected chi connectivity index (χ4v) is 7.20. The summed E-state index contributed by atoms with van der Waals surface area (Å²) < 4.78 is 39.6. The second kappa shape index (κ2) is 13.7. The zero-order valence-corrected chi connectivity index (χ0v) is 28.2. The number of carbonyl (C=O) groups excluding carboxylic acids is 1. The highest BCUT2D eigenvalue weighted by atomic mass is 31.2. The molecule has 0 amide bonds. The zero-order chi connectivity index (χ0) is 34.9. The predicted octanol–water partition coefficient (Wildman–Crippen LogP) is 4.10. The van der Waals surface area contributed by atoms with Crippen molar-refractivity contribution in [1.29, 1.82) is 0 Å². The highest BCUT2D eigenvalue weighted by molar-refractivity contribution is 7.52. The van der Waals surface area contributed by atoms with Gasteiger partial charge in [-0.1, -0.05) is 66.7 Å². The third kappa shape index (κ3) is 6.95. The van der Waals surface area contributed by atoms with Crippen LogP contribution >= 0.6 is 7.75 Å². The first-order chi connectivity index (χ1) is 23.4. The van der Waals surface area contributed by atoms with Crippen molar-refractivity contribution in [2.24, 2.45) is 0 Å². The lowest BCUT2D eigenvalue weighted by Gasteiger charge is -2.27. The maximum absolute atomic E-state index is 14.5. The minimum atomic E-state index is -4.42. The maximum atomic E-state index is 14.5. The number of aliphatic hydroxyl groups excluding tert-OH is 1. The Morgan fingerprint density at radius 3 is 2.57 bits per heavy atom. The Balaban J connectivity index is 1.25. The molecular weight excluding hydrogens is 653 g/mol. The number of carbonyl (C=O) groups is 1. The molecule has 7 atom stereocenters. The summed E-state index contributed by atoms with van der Waals surface area (Å²) in [5.74, 6) is -0.147. The zero-order valence-electron chi connectivity index (χ0n) is 27.3. The summed E-state index contributed by atoms with van der Waals surface area (Å²) in [7, 11) is -2.77. The lowest BCUT2D eigenvalue weighted by molar-refractivity contribution is -0.150. The molecule has 2 aromatic heterocycles. The summed E-state index contributed by atoms with van der Waals surface area (Å²) in [6.45, 7) is 4.07. The van der Waals surface area contributed by atoms with Crippen molar-refractivity contribution in [2.45, 2.75) is 57.0 Å². The van der Waals surface area contributed by atoms with Crippen molar-refractivity contribution in [1.82, 2.24) is 24.6 Å². The second-order valence-electron chi connectivity index (χ2n) is 11.9. The van der Waals surface area contributed by atoms with Crippen LogP contribution in [0.1, 0.15) is 38.7 Å². The van der Waals surface area contributed by atoms with Gasteiger partial charge in [0.1, 0.15) is 35.7 Å². The van der Waals surface area contributed by atoms with Crippen LogP contribution in [-0.2, 0) is 23.4 Å². The van der Waals surface area contributed by atoms with E-state index in [4.69, 9.17) is 24.3 Å². The largest absolute Gasteiger partial charge is 0.459 e. The van der Waals surface area contributed by atoms with Gasteiger partial charge in [-0.05, 0) is 37.8 Å². The number of hydrogen-bond donors (Lipinski definition) is 5. The fraction of sp³-hybridized carbons (Fsp3) is 0.333. The van der Waals surface area contributed by atoms with E-state index in [0.717, 1.165) is 10.9 Å². The Bertz CT molecular complexity index is 2000. The van der Waals surface area contributed by atoms with Crippen LogP contribution in [0.4, 0.5) is 11.8 Å². The van der Waals surface area contributed by atoms with Gasteiger partial charge in [0.25, 0.3) is 0 Å². The van der Waals surface area contributed by atoms with Crippen molar-refractivity contribution in [2.75, 3.05) is 24.7 Å². The van der Waals surface area contributed by atoms with Crippen LogP contribution in [0.5, 0.6) is 5.75 Å². The molecule has 258 valence electrons. The number of aliphatic hydroxyl groups is 2. The number of nitrogens with one attached hydrogen (secondary N) is 2. The third-order valence-corrected chi connectivity index (χ3v) is 9.96. The van der Waals surface area contributed by atoms with Crippen molar-refractivity contribution in [3.05, 3.63) is 84.7 Å². The van der Waals surface area contributed by atoms with E-state index < -0.39 is 56.5 Å². The molecule has 0 radical (unpaired) electrons. The molecule has 6 N–H and O–H groups in total. The fourth-order valence-electron chi connectivity index (χ4n) is 5.68. The Labute approximate surface area is 282 Å². The number of anilines is 2. The minimum Gasteiger partial charge on any atom is -0.457 e. The number of fused-ring (bicyclic) bond motifs is 2. The molecule has 7 unspecified atom stereocenters. The molecule has 0 aliphatic carbocycles. The Kier molecular flexibility index (Phi) is 9.58. The van der Waals surface area contributed by atoms with Crippen LogP contribution < -0.4 is 20.7 Å². The molecular formula is C33H38N7O8P. The number of aromatic nitrogens is 4. The lowest BCUT2D eigenvalue weighted by Crippen LogP contribution is -2.44. The SMILES string of the molecule is CNc1nc(N)nc2c1ncn2C1OC(COP(=O)(NC(C)C(=O)OC(C)c2ccccc2)Oc2cccc3ccccc23)C(O)C1(C)O. The van der Waals surface area contributed by atoms with Gasteiger partial charge in [-0.15, -0.1) is 0 Å². The van der Waals surface area contributed by atoms with Gasteiger partial charge in [-0.3, -0.25) is 13.9 Å². The monoisotopic (exact) mass is 691 g/mol. The normalized spacial score (nSPS) is 23.2. The van der Waals surface area contributed by atoms with E-state index in [1.807, 2.05) is 54.6 Å². The number of esters is 1. The molecule has 5 aromatic rings. The predicted molar refractivity (Wildman–Crippen MR) is 182 cm³/mol. The van der Waals surface area contributed by atoms with Gasteiger partial charge in [0.05, 0.1) is 12.9 Å². The summed E-state index contributed by atoms with van der Waals surface area (Å²) in [4.78, 5) is 25.9. The average molecular weight is 692 g/mol.